The van der Waals surface area contributed by atoms with Crippen LogP contribution in [0.2, 0.25) is 10.0 Å². The van der Waals surface area contributed by atoms with E-state index in [0.29, 0.717) is 16.5 Å². The Balaban J connectivity index is 2.10. The second-order valence-corrected chi connectivity index (χ2v) is 7.13. The highest BCUT2D eigenvalue weighted by molar-refractivity contribution is 7.98. The molecular weight excluding hydrogens is 327 g/mol. The van der Waals surface area contributed by atoms with Crippen LogP contribution >= 0.6 is 35.0 Å². The van der Waals surface area contributed by atoms with Gasteiger partial charge in [-0.15, -0.1) is 0 Å². The van der Waals surface area contributed by atoms with E-state index in [2.05, 4.69) is 19.4 Å². The van der Waals surface area contributed by atoms with Crippen LogP contribution in [0, 0.1) is 0 Å². The fourth-order valence-electron chi connectivity index (χ4n) is 1.74. The van der Waals surface area contributed by atoms with Gasteiger partial charge in [0, 0.05) is 30.9 Å². The molecule has 0 saturated carbocycles. The van der Waals surface area contributed by atoms with Crippen molar-refractivity contribution in [2.45, 2.75) is 18.6 Å². The Morgan fingerprint density at radius 3 is 2.71 bits per heavy atom. The number of quaternary nitrogens is 1. The number of rotatable bonds is 9. The summed E-state index contributed by atoms with van der Waals surface area (Å²) in [6.45, 7) is 1.84. The van der Waals surface area contributed by atoms with Gasteiger partial charge in [-0.05, 0) is 17.7 Å². The smallest absolute Gasteiger partial charge is 0.220 e. The number of carbonyl (C=O) groups is 1. The lowest BCUT2D eigenvalue weighted by Gasteiger charge is -2.08. The first-order valence-electron chi connectivity index (χ1n) is 7.06. The number of hydrogen-bond donors (Lipinski definition) is 2. The summed E-state index contributed by atoms with van der Waals surface area (Å²) in [7, 11) is 4.23. The van der Waals surface area contributed by atoms with Gasteiger partial charge in [-0.25, -0.2) is 0 Å². The fraction of sp³-hybridized carbons (Fsp3) is 0.533. The predicted molar refractivity (Wildman–Crippen MR) is 92.5 cm³/mol. The third kappa shape index (κ3) is 8.57. The molecule has 0 aliphatic rings. The first-order chi connectivity index (χ1) is 9.99. The SMILES string of the molecule is C[NH+](C)CCCNC(=O)CCSCc1ccc(Cl)c(Cl)c1. The van der Waals surface area contributed by atoms with Crippen molar-refractivity contribution in [2.24, 2.45) is 0 Å². The molecule has 0 bridgehead atoms. The molecule has 21 heavy (non-hydrogen) atoms. The van der Waals surface area contributed by atoms with Crippen molar-refractivity contribution in [3.05, 3.63) is 33.8 Å². The van der Waals surface area contributed by atoms with Gasteiger partial charge >= 0.3 is 0 Å². The Morgan fingerprint density at radius 2 is 2.05 bits per heavy atom. The van der Waals surface area contributed by atoms with Crippen LogP contribution in [0.1, 0.15) is 18.4 Å². The summed E-state index contributed by atoms with van der Waals surface area (Å²) in [5.74, 6) is 1.78. The molecule has 0 aliphatic carbocycles. The Morgan fingerprint density at radius 1 is 1.29 bits per heavy atom. The van der Waals surface area contributed by atoms with Crippen LogP contribution in [0.25, 0.3) is 0 Å². The van der Waals surface area contributed by atoms with Crippen molar-refractivity contribution in [3.63, 3.8) is 0 Å². The maximum atomic E-state index is 11.6. The van der Waals surface area contributed by atoms with Gasteiger partial charge in [-0.1, -0.05) is 29.3 Å². The molecule has 118 valence electrons. The zero-order valence-corrected chi connectivity index (χ0v) is 14.9. The van der Waals surface area contributed by atoms with E-state index in [-0.39, 0.29) is 5.91 Å². The summed E-state index contributed by atoms with van der Waals surface area (Å²) in [6, 6.07) is 5.64. The van der Waals surface area contributed by atoms with Crippen molar-refractivity contribution in [2.75, 3.05) is 32.9 Å². The number of amides is 1. The van der Waals surface area contributed by atoms with Gasteiger partial charge in [0.2, 0.25) is 5.91 Å². The molecule has 0 fully saturated rings. The molecule has 0 aromatic heterocycles. The highest BCUT2D eigenvalue weighted by Gasteiger charge is 2.03. The normalized spacial score (nSPS) is 10.9. The van der Waals surface area contributed by atoms with Gasteiger partial charge in [0.25, 0.3) is 0 Å². The summed E-state index contributed by atoms with van der Waals surface area (Å²) in [5.41, 5.74) is 1.13. The Hall–Kier alpha value is -0.420. The summed E-state index contributed by atoms with van der Waals surface area (Å²) in [4.78, 5) is 13.0. The average Bonchev–Trinajstić information content (AvgIpc) is 2.43. The molecule has 0 spiro atoms. The molecule has 1 amide bonds. The molecule has 1 aromatic carbocycles. The van der Waals surface area contributed by atoms with Crippen LogP contribution in [0.3, 0.4) is 0 Å². The van der Waals surface area contributed by atoms with Crippen molar-refractivity contribution < 1.29 is 9.69 Å². The highest BCUT2D eigenvalue weighted by Crippen LogP contribution is 2.24. The molecular formula is C15H23Cl2N2OS+. The molecule has 0 heterocycles. The average molecular weight is 350 g/mol. The summed E-state index contributed by atoms with van der Waals surface area (Å²) >= 11 is 13.6. The van der Waals surface area contributed by atoms with Crippen molar-refractivity contribution in [1.82, 2.24) is 5.32 Å². The standard InChI is InChI=1S/C15H22Cl2N2OS/c1-19(2)8-3-7-18-15(20)6-9-21-11-12-4-5-13(16)14(17)10-12/h4-5,10H,3,6-9,11H2,1-2H3,(H,18,20)/p+1. The molecule has 1 rings (SSSR count). The zero-order valence-electron chi connectivity index (χ0n) is 12.5. The predicted octanol–water partition coefficient (Wildman–Crippen LogP) is 2.27. The Bertz CT molecular complexity index is 455. The molecule has 2 N–H and O–H groups in total. The van der Waals surface area contributed by atoms with Crippen molar-refractivity contribution in [1.29, 1.82) is 0 Å². The lowest BCUT2D eigenvalue weighted by Crippen LogP contribution is -3.05. The quantitative estimate of drug-likeness (QED) is 0.670. The topological polar surface area (TPSA) is 33.5 Å². The van der Waals surface area contributed by atoms with E-state index in [4.69, 9.17) is 23.2 Å². The van der Waals surface area contributed by atoms with Crippen molar-refractivity contribution in [3.8, 4) is 0 Å². The first-order valence-corrected chi connectivity index (χ1v) is 8.97. The molecule has 0 radical (unpaired) electrons. The Labute approximate surface area is 141 Å². The number of carbonyl (C=O) groups excluding carboxylic acids is 1. The third-order valence-corrected chi connectivity index (χ3v) is 4.67. The molecule has 0 unspecified atom stereocenters. The van der Waals surface area contributed by atoms with Gasteiger partial charge in [0.15, 0.2) is 0 Å². The van der Waals surface area contributed by atoms with Gasteiger partial charge in [-0.3, -0.25) is 4.79 Å². The van der Waals surface area contributed by atoms with E-state index in [9.17, 15) is 4.79 Å². The zero-order chi connectivity index (χ0) is 15.7. The molecule has 0 saturated heterocycles. The van der Waals surface area contributed by atoms with E-state index < -0.39 is 0 Å². The molecule has 1 aromatic rings. The lowest BCUT2D eigenvalue weighted by atomic mass is 10.2. The van der Waals surface area contributed by atoms with Crippen LogP contribution in [0.15, 0.2) is 18.2 Å². The number of nitrogens with one attached hydrogen (secondary N) is 2. The van der Waals surface area contributed by atoms with Crippen molar-refractivity contribution >= 4 is 40.9 Å². The Kier molecular flexibility index (Phi) is 9.16. The van der Waals surface area contributed by atoms with Crippen LogP contribution in [-0.2, 0) is 10.5 Å². The summed E-state index contributed by atoms with van der Waals surface area (Å²) in [5, 5.41) is 4.10. The monoisotopic (exact) mass is 349 g/mol. The second kappa shape index (κ2) is 10.3. The molecule has 0 atom stereocenters. The van der Waals surface area contributed by atoms with Crippen LogP contribution in [0.4, 0.5) is 0 Å². The van der Waals surface area contributed by atoms with E-state index in [1.54, 1.807) is 17.8 Å². The van der Waals surface area contributed by atoms with Crippen LogP contribution in [-0.4, -0.2) is 38.8 Å². The van der Waals surface area contributed by atoms with E-state index in [0.717, 1.165) is 36.6 Å². The molecule has 0 aliphatic heterocycles. The van der Waals surface area contributed by atoms with Gasteiger partial charge in [-0.2, -0.15) is 11.8 Å². The minimum Gasteiger partial charge on any atom is -0.356 e. The fourth-order valence-corrected chi connectivity index (χ4v) is 2.95. The third-order valence-electron chi connectivity index (χ3n) is 2.90. The number of halogens is 2. The lowest BCUT2D eigenvalue weighted by molar-refractivity contribution is -0.858. The van der Waals surface area contributed by atoms with E-state index >= 15 is 0 Å². The summed E-state index contributed by atoms with van der Waals surface area (Å²) in [6.07, 6.45) is 1.57. The number of benzene rings is 1. The number of thioether (sulfide) groups is 1. The maximum absolute atomic E-state index is 11.6. The minimum atomic E-state index is 0.130. The molecule has 6 heteroatoms. The number of hydrogen-bond acceptors (Lipinski definition) is 2. The van der Waals surface area contributed by atoms with E-state index in [1.165, 1.54) is 4.90 Å². The van der Waals surface area contributed by atoms with Gasteiger partial charge in [0.05, 0.1) is 30.7 Å². The largest absolute Gasteiger partial charge is 0.356 e. The van der Waals surface area contributed by atoms with Gasteiger partial charge in [0.1, 0.15) is 0 Å². The van der Waals surface area contributed by atoms with Gasteiger partial charge < -0.3 is 10.2 Å². The second-order valence-electron chi connectivity index (χ2n) is 5.21. The molecule has 3 nitrogen and oxygen atoms in total. The minimum absolute atomic E-state index is 0.130. The van der Waals surface area contributed by atoms with Crippen LogP contribution in [0.5, 0.6) is 0 Å². The summed E-state index contributed by atoms with van der Waals surface area (Å²) < 4.78 is 0. The van der Waals surface area contributed by atoms with Crippen LogP contribution < -0.4 is 10.2 Å². The maximum Gasteiger partial charge on any atom is 0.220 e. The first kappa shape index (κ1) is 18.6. The van der Waals surface area contributed by atoms with E-state index in [1.807, 2.05) is 12.1 Å². The highest BCUT2D eigenvalue weighted by atomic mass is 35.5.